The second-order valence-corrected chi connectivity index (χ2v) is 3.88. The van der Waals surface area contributed by atoms with Gasteiger partial charge in [-0.05, 0) is 19.8 Å². The molecule has 0 fully saturated rings. The van der Waals surface area contributed by atoms with E-state index in [1.54, 1.807) is 0 Å². The number of aliphatic imine (C=N–C) groups is 2. The number of hydrogen-bond acceptors (Lipinski definition) is 3. The molecule has 0 aliphatic carbocycles. The minimum Gasteiger partial charge on any atom is -0.370 e. The summed E-state index contributed by atoms with van der Waals surface area (Å²) in [6.07, 6.45) is 3.33. The number of guanidine groups is 2. The summed E-state index contributed by atoms with van der Waals surface area (Å²) in [6, 6.07) is 0. The van der Waals surface area contributed by atoms with Gasteiger partial charge < -0.3 is 10.6 Å². The highest BCUT2D eigenvalue weighted by Crippen LogP contribution is 2.00. The van der Waals surface area contributed by atoms with Crippen LogP contribution in [0.1, 0.15) is 33.1 Å². The molecular formula is C11H23N5. The minimum atomic E-state index is 0.479. The van der Waals surface area contributed by atoms with E-state index in [1.165, 1.54) is 0 Å². The van der Waals surface area contributed by atoms with Gasteiger partial charge in [0.05, 0.1) is 0 Å². The van der Waals surface area contributed by atoms with Crippen LogP contribution in [-0.2, 0) is 0 Å². The Morgan fingerprint density at radius 3 is 3.06 bits per heavy atom. The summed E-state index contributed by atoms with van der Waals surface area (Å²) in [4.78, 5) is 10.9. The smallest absolute Gasteiger partial charge is 0.200 e. The highest BCUT2D eigenvalue weighted by atomic mass is 15.3. The van der Waals surface area contributed by atoms with E-state index in [1.807, 2.05) is 0 Å². The number of nitrogens with one attached hydrogen (secondary N) is 1. The van der Waals surface area contributed by atoms with Crippen LogP contribution in [0.25, 0.3) is 0 Å². The number of hydrogen-bond donors (Lipinski definition) is 2. The largest absolute Gasteiger partial charge is 0.370 e. The molecule has 0 aromatic carbocycles. The van der Waals surface area contributed by atoms with E-state index in [4.69, 9.17) is 5.73 Å². The van der Waals surface area contributed by atoms with Crippen LogP contribution in [0.4, 0.5) is 0 Å². The van der Waals surface area contributed by atoms with Crippen molar-refractivity contribution in [1.29, 1.82) is 0 Å². The molecule has 92 valence electrons. The van der Waals surface area contributed by atoms with Gasteiger partial charge in [0.25, 0.3) is 0 Å². The Hall–Kier alpha value is -1.26. The molecule has 3 N–H and O–H groups in total. The maximum Gasteiger partial charge on any atom is 0.200 e. The molecule has 0 atom stereocenters. The van der Waals surface area contributed by atoms with E-state index in [0.717, 1.165) is 51.4 Å². The fraction of sp³-hybridized carbons (Fsp3) is 0.818. The van der Waals surface area contributed by atoms with Crippen molar-refractivity contribution in [3.8, 4) is 0 Å². The standard InChI is InChI=1S/C11H23N5/c1-3-5-7-13-10(12)15-11-14-8-6-9-16(11)4-2/h3-9H2,1-2H3,(H3,12,13,14,15). The Labute approximate surface area is 97.8 Å². The summed E-state index contributed by atoms with van der Waals surface area (Å²) in [5, 5.41) is 3.08. The van der Waals surface area contributed by atoms with Crippen molar-refractivity contribution in [2.75, 3.05) is 26.2 Å². The van der Waals surface area contributed by atoms with E-state index in [9.17, 15) is 0 Å². The summed E-state index contributed by atoms with van der Waals surface area (Å²) < 4.78 is 0. The molecular weight excluding hydrogens is 202 g/mol. The third-order valence-electron chi connectivity index (χ3n) is 2.56. The average Bonchev–Trinajstić information content (AvgIpc) is 2.30. The van der Waals surface area contributed by atoms with Gasteiger partial charge in [0.1, 0.15) is 0 Å². The molecule has 0 spiro atoms. The molecule has 5 nitrogen and oxygen atoms in total. The molecule has 0 bridgehead atoms. The van der Waals surface area contributed by atoms with Crippen molar-refractivity contribution >= 4 is 11.9 Å². The van der Waals surface area contributed by atoms with Gasteiger partial charge in [-0.15, -0.1) is 0 Å². The zero-order chi connectivity index (χ0) is 11.8. The molecule has 1 heterocycles. The van der Waals surface area contributed by atoms with Crippen LogP contribution in [-0.4, -0.2) is 43.0 Å². The summed E-state index contributed by atoms with van der Waals surface area (Å²) in [5.41, 5.74) is 5.79. The maximum atomic E-state index is 5.79. The Balaban J connectivity index is 2.45. The van der Waals surface area contributed by atoms with Gasteiger partial charge >= 0.3 is 0 Å². The lowest BCUT2D eigenvalue weighted by Gasteiger charge is -2.28. The van der Waals surface area contributed by atoms with Gasteiger partial charge in [0.15, 0.2) is 5.96 Å². The van der Waals surface area contributed by atoms with Gasteiger partial charge in [0, 0.05) is 26.2 Å². The van der Waals surface area contributed by atoms with Crippen molar-refractivity contribution in [3.63, 3.8) is 0 Å². The van der Waals surface area contributed by atoms with Crippen molar-refractivity contribution in [3.05, 3.63) is 0 Å². The second-order valence-electron chi connectivity index (χ2n) is 3.88. The first-order chi connectivity index (χ1) is 7.77. The predicted octanol–water partition coefficient (Wildman–Crippen LogP) is 0.772. The normalized spacial score (nSPS) is 17.2. The topological polar surface area (TPSA) is 66.0 Å². The predicted molar refractivity (Wildman–Crippen MR) is 68.7 cm³/mol. The average molecular weight is 225 g/mol. The second kappa shape index (κ2) is 7.09. The monoisotopic (exact) mass is 225 g/mol. The van der Waals surface area contributed by atoms with Crippen molar-refractivity contribution in [1.82, 2.24) is 10.2 Å². The first kappa shape index (κ1) is 12.8. The fourth-order valence-corrected chi connectivity index (χ4v) is 1.59. The van der Waals surface area contributed by atoms with Crippen LogP contribution in [0.5, 0.6) is 0 Å². The Bertz CT molecular complexity index is 259. The van der Waals surface area contributed by atoms with Crippen molar-refractivity contribution in [2.24, 2.45) is 15.7 Å². The van der Waals surface area contributed by atoms with Crippen LogP contribution in [0.2, 0.25) is 0 Å². The zero-order valence-corrected chi connectivity index (χ0v) is 10.4. The lowest BCUT2D eigenvalue weighted by Crippen LogP contribution is -2.49. The van der Waals surface area contributed by atoms with E-state index in [2.05, 4.69) is 34.0 Å². The molecule has 0 unspecified atom stereocenters. The Morgan fingerprint density at radius 1 is 1.56 bits per heavy atom. The van der Waals surface area contributed by atoms with Gasteiger partial charge in [0.2, 0.25) is 5.96 Å². The van der Waals surface area contributed by atoms with Gasteiger partial charge in [-0.3, -0.25) is 15.3 Å². The van der Waals surface area contributed by atoms with E-state index in [-0.39, 0.29) is 0 Å². The highest BCUT2D eigenvalue weighted by molar-refractivity contribution is 5.98. The third-order valence-corrected chi connectivity index (χ3v) is 2.56. The molecule has 0 saturated carbocycles. The first-order valence-electron chi connectivity index (χ1n) is 6.14. The van der Waals surface area contributed by atoms with Crippen LogP contribution in [0, 0.1) is 0 Å². The summed E-state index contributed by atoms with van der Waals surface area (Å²) in [6.45, 7) is 7.92. The quantitative estimate of drug-likeness (QED) is 0.422. The van der Waals surface area contributed by atoms with Gasteiger partial charge in [-0.1, -0.05) is 13.3 Å². The fourth-order valence-electron chi connectivity index (χ4n) is 1.59. The SMILES string of the molecule is CCCCN=C(N)NC1=NCCCN1CC. The zero-order valence-electron chi connectivity index (χ0n) is 10.4. The molecule has 0 saturated heterocycles. The summed E-state index contributed by atoms with van der Waals surface area (Å²) in [5.74, 6) is 1.35. The molecule has 0 aromatic rings. The number of nitrogens with two attached hydrogens (primary N) is 1. The molecule has 1 aliphatic heterocycles. The lowest BCUT2D eigenvalue weighted by molar-refractivity contribution is 0.403. The highest BCUT2D eigenvalue weighted by Gasteiger charge is 2.13. The van der Waals surface area contributed by atoms with E-state index in [0.29, 0.717) is 5.96 Å². The molecule has 0 aromatic heterocycles. The lowest BCUT2D eigenvalue weighted by atomic mass is 10.3. The summed E-state index contributed by atoms with van der Waals surface area (Å²) in [7, 11) is 0. The van der Waals surface area contributed by atoms with E-state index >= 15 is 0 Å². The van der Waals surface area contributed by atoms with Crippen LogP contribution in [0.15, 0.2) is 9.98 Å². The summed E-state index contributed by atoms with van der Waals surface area (Å²) >= 11 is 0. The van der Waals surface area contributed by atoms with Crippen LogP contribution in [0.3, 0.4) is 0 Å². The Morgan fingerprint density at radius 2 is 2.38 bits per heavy atom. The van der Waals surface area contributed by atoms with Crippen LogP contribution < -0.4 is 11.1 Å². The van der Waals surface area contributed by atoms with Crippen molar-refractivity contribution < 1.29 is 0 Å². The molecule has 1 rings (SSSR count). The number of unbranched alkanes of at least 4 members (excludes halogenated alkanes) is 1. The minimum absolute atomic E-state index is 0.479. The molecule has 0 radical (unpaired) electrons. The third kappa shape index (κ3) is 4.08. The first-order valence-corrected chi connectivity index (χ1v) is 6.14. The number of rotatable bonds is 4. The molecule has 5 heteroatoms. The molecule has 1 aliphatic rings. The molecule has 0 amide bonds. The number of nitrogens with zero attached hydrogens (tertiary/aromatic N) is 3. The van der Waals surface area contributed by atoms with E-state index < -0.39 is 0 Å². The maximum absolute atomic E-state index is 5.79. The van der Waals surface area contributed by atoms with Gasteiger partial charge in [-0.25, -0.2) is 0 Å². The Kier molecular flexibility index (Phi) is 5.67. The van der Waals surface area contributed by atoms with Crippen molar-refractivity contribution in [2.45, 2.75) is 33.1 Å². The van der Waals surface area contributed by atoms with Gasteiger partial charge in [-0.2, -0.15) is 0 Å². The molecule has 16 heavy (non-hydrogen) atoms. The van der Waals surface area contributed by atoms with Crippen LogP contribution >= 0.6 is 0 Å².